The number of carbonyl (C=O) groups excluding carboxylic acids is 2. The van der Waals surface area contributed by atoms with Crippen molar-refractivity contribution in [3.05, 3.63) is 53.3 Å². The van der Waals surface area contributed by atoms with Crippen LogP contribution in [-0.4, -0.2) is 64.3 Å². The van der Waals surface area contributed by atoms with Gasteiger partial charge in [-0.15, -0.1) is 0 Å². The van der Waals surface area contributed by atoms with Crippen LogP contribution in [0.4, 0.5) is 4.39 Å². The minimum Gasteiger partial charge on any atom is -0.454 e. The first-order valence-corrected chi connectivity index (χ1v) is 11.9. The lowest BCUT2D eigenvalue weighted by Crippen LogP contribution is -2.40. The minimum absolute atomic E-state index is 0.126. The summed E-state index contributed by atoms with van der Waals surface area (Å²) < 4.78 is 61.7. The molecule has 1 atom stereocenters. The Morgan fingerprint density at radius 1 is 1.12 bits per heavy atom. The second-order valence-corrected chi connectivity index (χ2v) is 9.57. The fraction of sp³-hybridized carbons (Fsp3) is 0.364. The molecule has 1 saturated heterocycles. The predicted molar refractivity (Wildman–Crippen MR) is 115 cm³/mol. The Bertz CT molecular complexity index is 1200. The van der Waals surface area contributed by atoms with Gasteiger partial charge in [-0.2, -0.15) is 4.31 Å². The Hall–Kier alpha value is -3.22. The molecule has 2 aliphatic heterocycles. The highest BCUT2D eigenvalue weighted by Gasteiger charge is 2.28. The number of morpholine rings is 1. The molecule has 2 aliphatic rings. The first-order chi connectivity index (χ1) is 16.3. The Kier molecular flexibility index (Phi) is 7.00. The fourth-order valence-corrected chi connectivity index (χ4v) is 4.95. The molecule has 0 aromatic heterocycles. The van der Waals surface area contributed by atoms with E-state index in [0.717, 1.165) is 23.8 Å². The van der Waals surface area contributed by atoms with Gasteiger partial charge in [0.05, 0.1) is 29.7 Å². The van der Waals surface area contributed by atoms with Crippen molar-refractivity contribution in [1.82, 2.24) is 9.62 Å². The van der Waals surface area contributed by atoms with Crippen molar-refractivity contribution in [3.8, 4) is 11.5 Å². The molecule has 0 aliphatic carbocycles. The van der Waals surface area contributed by atoms with Gasteiger partial charge in [-0.25, -0.2) is 17.6 Å². The summed E-state index contributed by atoms with van der Waals surface area (Å²) in [5, 5.41) is 2.67. The van der Waals surface area contributed by atoms with Gasteiger partial charge >= 0.3 is 5.97 Å². The molecule has 0 spiro atoms. The molecular weight excluding hydrogens is 471 g/mol. The molecule has 0 saturated carbocycles. The number of sulfonamides is 1. The van der Waals surface area contributed by atoms with Crippen molar-refractivity contribution in [2.24, 2.45) is 0 Å². The van der Waals surface area contributed by atoms with E-state index in [-0.39, 0.29) is 38.0 Å². The van der Waals surface area contributed by atoms with E-state index in [1.807, 2.05) is 0 Å². The highest BCUT2D eigenvalue weighted by Crippen LogP contribution is 2.34. The van der Waals surface area contributed by atoms with Gasteiger partial charge in [0.15, 0.2) is 18.1 Å². The SMILES string of the molecule is CC(NC(=O)COC(=O)c1cc(S(=O)(=O)N2CCOCC2)ccc1F)c1ccc2c(c1)OCO2. The van der Waals surface area contributed by atoms with Crippen LogP contribution in [-0.2, 0) is 24.3 Å². The first kappa shape index (κ1) is 23.9. The quantitative estimate of drug-likeness (QED) is 0.577. The lowest BCUT2D eigenvalue weighted by Gasteiger charge is -2.26. The van der Waals surface area contributed by atoms with E-state index in [1.165, 1.54) is 4.31 Å². The minimum atomic E-state index is -3.94. The molecule has 1 amide bonds. The van der Waals surface area contributed by atoms with Gasteiger partial charge in [-0.1, -0.05) is 6.07 Å². The maximum absolute atomic E-state index is 14.3. The van der Waals surface area contributed by atoms with Crippen LogP contribution >= 0.6 is 0 Å². The molecule has 4 rings (SSSR count). The standard InChI is InChI=1S/C22H23FN2O8S/c1-14(15-2-5-19-20(10-15)33-13-32-19)24-21(26)12-31-22(27)17-11-16(3-4-18(17)23)34(28,29)25-6-8-30-9-7-25/h2-5,10-11,14H,6-9,12-13H2,1H3,(H,24,26). The van der Waals surface area contributed by atoms with Crippen LogP contribution in [0.15, 0.2) is 41.3 Å². The number of halogens is 1. The molecule has 34 heavy (non-hydrogen) atoms. The number of benzene rings is 2. The monoisotopic (exact) mass is 494 g/mol. The number of nitrogens with one attached hydrogen (secondary N) is 1. The summed E-state index contributed by atoms with van der Waals surface area (Å²) in [4.78, 5) is 24.4. The van der Waals surface area contributed by atoms with Crippen molar-refractivity contribution < 1.29 is 41.3 Å². The number of rotatable bonds is 7. The summed E-state index contributed by atoms with van der Waals surface area (Å²) in [6.45, 7) is 1.98. The molecule has 2 aromatic carbocycles. The maximum atomic E-state index is 14.3. The summed E-state index contributed by atoms with van der Waals surface area (Å²) in [7, 11) is -3.94. The summed E-state index contributed by atoms with van der Waals surface area (Å²) in [6.07, 6.45) is 0. The average Bonchev–Trinajstić information content (AvgIpc) is 3.31. The normalized spacial score (nSPS) is 16.6. The zero-order chi connectivity index (χ0) is 24.3. The van der Waals surface area contributed by atoms with Gasteiger partial charge in [0, 0.05) is 13.1 Å². The summed E-state index contributed by atoms with van der Waals surface area (Å²) in [6, 6.07) is 7.66. The zero-order valence-electron chi connectivity index (χ0n) is 18.3. The van der Waals surface area contributed by atoms with E-state index < -0.39 is 45.9 Å². The number of amides is 1. The first-order valence-electron chi connectivity index (χ1n) is 10.5. The van der Waals surface area contributed by atoms with Crippen LogP contribution in [0.2, 0.25) is 0 Å². The lowest BCUT2D eigenvalue weighted by molar-refractivity contribution is -0.124. The number of nitrogens with zero attached hydrogens (tertiary/aromatic N) is 1. The third kappa shape index (κ3) is 5.13. The molecular formula is C22H23FN2O8S. The number of esters is 1. The summed E-state index contributed by atoms with van der Waals surface area (Å²) in [5.74, 6) is -1.55. The van der Waals surface area contributed by atoms with E-state index in [9.17, 15) is 22.4 Å². The Labute approximate surface area is 195 Å². The molecule has 0 bridgehead atoms. The van der Waals surface area contributed by atoms with E-state index >= 15 is 0 Å². The molecule has 0 radical (unpaired) electrons. The molecule has 2 heterocycles. The van der Waals surface area contributed by atoms with E-state index in [1.54, 1.807) is 25.1 Å². The van der Waals surface area contributed by atoms with E-state index in [4.69, 9.17) is 18.9 Å². The van der Waals surface area contributed by atoms with Crippen molar-refractivity contribution in [1.29, 1.82) is 0 Å². The van der Waals surface area contributed by atoms with Crippen LogP contribution in [0.25, 0.3) is 0 Å². The highest BCUT2D eigenvalue weighted by atomic mass is 32.2. The highest BCUT2D eigenvalue weighted by molar-refractivity contribution is 7.89. The van der Waals surface area contributed by atoms with Gasteiger partial charge in [-0.05, 0) is 42.8 Å². The van der Waals surface area contributed by atoms with Gasteiger partial charge < -0.3 is 24.3 Å². The smallest absolute Gasteiger partial charge is 0.341 e. The van der Waals surface area contributed by atoms with Crippen LogP contribution < -0.4 is 14.8 Å². The molecule has 12 heteroatoms. The second-order valence-electron chi connectivity index (χ2n) is 7.64. The second kappa shape index (κ2) is 9.95. The largest absolute Gasteiger partial charge is 0.454 e. The fourth-order valence-electron chi connectivity index (χ4n) is 3.52. The average molecular weight is 494 g/mol. The van der Waals surface area contributed by atoms with Crippen molar-refractivity contribution in [3.63, 3.8) is 0 Å². The summed E-state index contributed by atoms with van der Waals surface area (Å²) >= 11 is 0. The zero-order valence-corrected chi connectivity index (χ0v) is 19.1. The van der Waals surface area contributed by atoms with Gasteiger partial charge in [0.25, 0.3) is 5.91 Å². The van der Waals surface area contributed by atoms with Crippen molar-refractivity contribution in [2.75, 3.05) is 39.7 Å². The van der Waals surface area contributed by atoms with Gasteiger partial charge in [0.2, 0.25) is 16.8 Å². The summed E-state index contributed by atoms with van der Waals surface area (Å²) in [5.41, 5.74) is 0.168. The number of fused-ring (bicyclic) bond motifs is 1. The van der Waals surface area contributed by atoms with Crippen LogP contribution in [0, 0.1) is 5.82 Å². The van der Waals surface area contributed by atoms with Crippen LogP contribution in [0.3, 0.4) is 0 Å². The van der Waals surface area contributed by atoms with Gasteiger partial charge in [0.1, 0.15) is 5.82 Å². The molecule has 10 nitrogen and oxygen atoms in total. The number of ether oxygens (including phenoxy) is 4. The molecule has 1 fully saturated rings. The lowest BCUT2D eigenvalue weighted by atomic mass is 10.1. The molecule has 1 unspecified atom stereocenters. The third-order valence-electron chi connectivity index (χ3n) is 5.37. The number of hydrogen-bond donors (Lipinski definition) is 1. The van der Waals surface area contributed by atoms with Crippen molar-refractivity contribution in [2.45, 2.75) is 17.9 Å². The van der Waals surface area contributed by atoms with Crippen LogP contribution in [0.1, 0.15) is 28.9 Å². The third-order valence-corrected chi connectivity index (χ3v) is 7.27. The maximum Gasteiger partial charge on any atom is 0.341 e. The molecule has 182 valence electrons. The number of hydrogen-bond acceptors (Lipinski definition) is 8. The van der Waals surface area contributed by atoms with Crippen LogP contribution in [0.5, 0.6) is 11.5 Å². The number of carbonyl (C=O) groups is 2. The molecule has 1 N–H and O–H groups in total. The predicted octanol–water partition coefficient (Wildman–Crippen LogP) is 1.61. The van der Waals surface area contributed by atoms with Gasteiger partial charge in [-0.3, -0.25) is 4.79 Å². The Morgan fingerprint density at radius 2 is 1.85 bits per heavy atom. The Balaban J connectivity index is 1.37. The van der Waals surface area contributed by atoms with E-state index in [2.05, 4.69) is 5.32 Å². The van der Waals surface area contributed by atoms with Crippen molar-refractivity contribution >= 4 is 21.9 Å². The van der Waals surface area contributed by atoms with E-state index in [0.29, 0.717) is 11.5 Å². The molecule has 2 aromatic rings. The Morgan fingerprint density at radius 3 is 2.62 bits per heavy atom. The topological polar surface area (TPSA) is 120 Å².